The molecule has 0 bridgehead atoms. The fourth-order valence-corrected chi connectivity index (χ4v) is 3.88. The second kappa shape index (κ2) is 9.31. The number of benzene rings is 2. The Morgan fingerprint density at radius 2 is 1.73 bits per heavy atom. The van der Waals surface area contributed by atoms with E-state index in [1.165, 1.54) is 24.8 Å². The largest absolute Gasteiger partial charge is 0.774 e. The van der Waals surface area contributed by atoms with Crippen LogP contribution >= 0.6 is 0 Å². The summed E-state index contributed by atoms with van der Waals surface area (Å²) in [4.78, 5) is 11.5. The number of nitrogens with zero attached hydrogens (tertiary/aromatic N) is 3. The van der Waals surface area contributed by atoms with Gasteiger partial charge in [-0.15, -0.1) is 0 Å². The second-order valence-corrected chi connectivity index (χ2v) is 8.84. The van der Waals surface area contributed by atoms with Gasteiger partial charge in [0.25, 0.3) is 10.0 Å². The zero-order valence-corrected chi connectivity index (χ0v) is 18.2. The third kappa shape index (κ3) is 5.76. The summed E-state index contributed by atoms with van der Waals surface area (Å²) in [5, 5.41) is 14.9. The highest BCUT2D eigenvalue weighted by Crippen LogP contribution is 2.33. The molecule has 3 rings (SSSR count). The van der Waals surface area contributed by atoms with Gasteiger partial charge in [0, 0.05) is 12.6 Å². The topological polar surface area (TPSA) is 119 Å². The Morgan fingerprint density at radius 1 is 1.12 bits per heavy atom. The Balaban J connectivity index is 1.95. The molecule has 0 aliphatic carbocycles. The number of nitrogens with one attached hydrogen (secondary N) is 2. The van der Waals surface area contributed by atoms with E-state index >= 15 is 0 Å². The predicted molar refractivity (Wildman–Crippen MR) is 113 cm³/mol. The van der Waals surface area contributed by atoms with E-state index in [0.29, 0.717) is 5.56 Å². The van der Waals surface area contributed by atoms with Crippen molar-refractivity contribution in [2.24, 2.45) is 0 Å². The molecule has 176 valence electrons. The molecule has 1 aromatic heterocycles. The van der Waals surface area contributed by atoms with Gasteiger partial charge < -0.3 is 10.8 Å². The van der Waals surface area contributed by atoms with Crippen molar-refractivity contribution in [1.29, 1.82) is 0 Å². The van der Waals surface area contributed by atoms with Crippen LogP contribution < -0.4 is 10.3 Å². The van der Waals surface area contributed by atoms with E-state index in [-0.39, 0.29) is 16.3 Å². The number of carbonyl (C=O) groups is 1. The number of aryl methyl sites for hydroxylation is 1. The fourth-order valence-electron chi connectivity index (χ4n) is 2.90. The smallest absolute Gasteiger partial charge is 0.435 e. The minimum Gasteiger partial charge on any atom is -0.774 e. The first-order chi connectivity index (χ1) is 15.4. The van der Waals surface area contributed by atoms with Gasteiger partial charge in [0.2, 0.25) is 5.91 Å². The van der Waals surface area contributed by atoms with Gasteiger partial charge in [-0.3, -0.25) is 4.79 Å². The molecular formula is C20H19F3N5O4S-. The third-order valence-electron chi connectivity index (χ3n) is 4.52. The predicted octanol–water partition coefficient (Wildman–Crippen LogP) is 2.61. The number of likely N-dealkylation sites (N-methyl/N-ethyl adjacent to an activating group) is 1. The molecule has 0 radical (unpaired) electrons. The molecule has 2 aromatic carbocycles. The molecule has 0 saturated carbocycles. The first-order valence-corrected chi connectivity index (χ1v) is 10.9. The first kappa shape index (κ1) is 24.4. The molecule has 0 unspecified atom stereocenters. The van der Waals surface area contributed by atoms with Crippen molar-refractivity contribution < 1.29 is 26.4 Å². The van der Waals surface area contributed by atoms with Crippen molar-refractivity contribution >= 4 is 15.9 Å². The summed E-state index contributed by atoms with van der Waals surface area (Å²) in [6, 6.07) is 12.5. The molecule has 0 saturated heterocycles. The Kier molecular flexibility index (Phi) is 6.88. The maximum Gasteiger partial charge on any atom is 0.435 e. The Morgan fingerprint density at radius 3 is 2.27 bits per heavy atom. The van der Waals surface area contributed by atoms with E-state index in [9.17, 15) is 31.6 Å². The quantitative estimate of drug-likeness (QED) is 0.497. The minimum absolute atomic E-state index is 0.166. The van der Waals surface area contributed by atoms with Gasteiger partial charge in [-0.05, 0) is 37.3 Å². The number of hydrazine groups is 1. The van der Waals surface area contributed by atoms with Crippen LogP contribution in [0.4, 0.5) is 13.2 Å². The lowest BCUT2D eigenvalue weighted by atomic mass is 10.1. The summed E-state index contributed by atoms with van der Waals surface area (Å²) in [5.41, 5.74) is 2.08. The number of carbonyl (C=O) groups excluding carboxylic acids is 1. The van der Waals surface area contributed by atoms with E-state index in [2.05, 4.69) is 5.10 Å². The van der Waals surface area contributed by atoms with E-state index < -0.39 is 34.3 Å². The molecule has 0 spiro atoms. The molecule has 9 nitrogen and oxygen atoms in total. The number of hydrogen-bond donors (Lipinski definition) is 2. The van der Waals surface area contributed by atoms with Crippen molar-refractivity contribution in [3.63, 3.8) is 0 Å². The number of aromatic nitrogens is 2. The van der Waals surface area contributed by atoms with Crippen LogP contribution in [0.1, 0.15) is 11.3 Å². The molecule has 2 N–H and O–H groups in total. The third-order valence-corrected chi connectivity index (χ3v) is 5.91. The van der Waals surface area contributed by atoms with Crippen LogP contribution in [0.2, 0.25) is 0 Å². The Labute approximate surface area is 187 Å². The second-order valence-electron chi connectivity index (χ2n) is 7.16. The van der Waals surface area contributed by atoms with Crippen LogP contribution in [0.3, 0.4) is 0 Å². The molecular weight excluding hydrogens is 463 g/mol. The number of rotatable bonds is 7. The summed E-state index contributed by atoms with van der Waals surface area (Å²) >= 11 is 0. The molecule has 3 aromatic rings. The molecule has 13 heteroatoms. The van der Waals surface area contributed by atoms with Crippen LogP contribution in [0.5, 0.6) is 0 Å². The standard InChI is InChI=1S/C20H19F3N5O4S/c1-13-3-5-14(6-4-13)17-11-18(20(21,22)23)24-28(17)15-7-9-16(10-8-15)33(31,32)25-19(29)12-27(2)26-30/h3-11,26H,12H2,1-2H3,(H,25,29)/q-1. The van der Waals surface area contributed by atoms with E-state index in [4.69, 9.17) is 0 Å². The maximum absolute atomic E-state index is 13.3. The molecule has 0 aliphatic rings. The van der Waals surface area contributed by atoms with Crippen LogP contribution in [0.15, 0.2) is 59.5 Å². The SMILES string of the molecule is Cc1ccc(-c2cc(C(F)(F)F)nn2-c2ccc(S(=O)(=O)NC(=O)CN(C)N[O-])cc2)cc1. The van der Waals surface area contributed by atoms with Gasteiger partial charge in [-0.2, -0.15) is 18.3 Å². The highest BCUT2D eigenvalue weighted by molar-refractivity contribution is 7.90. The zero-order chi connectivity index (χ0) is 24.4. The van der Waals surface area contributed by atoms with E-state index in [1.54, 1.807) is 29.0 Å². The molecule has 1 amide bonds. The normalized spacial score (nSPS) is 12.2. The van der Waals surface area contributed by atoms with Crippen molar-refractivity contribution in [1.82, 2.24) is 25.1 Å². The zero-order valence-electron chi connectivity index (χ0n) is 17.4. The average molecular weight is 482 g/mol. The number of alkyl halides is 3. The highest BCUT2D eigenvalue weighted by atomic mass is 32.2. The average Bonchev–Trinajstić information content (AvgIpc) is 3.20. The van der Waals surface area contributed by atoms with Gasteiger partial charge in [-0.25, -0.2) is 22.8 Å². The lowest BCUT2D eigenvalue weighted by molar-refractivity contribution is -0.141. The fraction of sp³-hybridized carbons (Fsp3) is 0.200. The van der Waals surface area contributed by atoms with Gasteiger partial charge in [-0.1, -0.05) is 29.8 Å². The number of hydrogen-bond acceptors (Lipinski definition) is 7. The van der Waals surface area contributed by atoms with Crippen molar-refractivity contribution in [2.75, 3.05) is 13.6 Å². The monoisotopic (exact) mass is 482 g/mol. The maximum atomic E-state index is 13.3. The lowest BCUT2D eigenvalue weighted by Gasteiger charge is -2.20. The van der Waals surface area contributed by atoms with Crippen LogP contribution in [0.25, 0.3) is 16.9 Å². The molecule has 33 heavy (non-hydrogen) atoms. The summed E-state index contributed by atoms with van der Waals surface area (Å²) in [6.07, 6.45) is -4.68. The number of sulfonamides is 1. The first-order valence-electron chi connectivity index (χ1n) is 9.40. The minimum atomic E-state index is -4.68. The molecule has 0 aliphatic heterocycles. The van der Waals surface area contributed by atoms with Crippen LogP contribution in [-0.2, 0) is 21.0 Å². The van der Waals surface area contributed by atoms with Gasteiger partial charge in [0.1, 0.15) is 0 Å². The summed E-state index contributed by atoms with van der Waals surface area (Å²) in [7, 11) is -3.01. The van der Waals surface area contributed by atoms with Gasteiger partial charge in [0.05, 0.1) is 22.8 Å². The molecule has 0 atom stereocenters. The van der Waals surface area contributed by atoms with Gasteiger partial charge in [0.15, 0.2) is 5.69 Å². The molecule has 1 heterocycles. The summed E-state index contributed by atoms with van der Waals surface area (Å²) in [5.74, 6) is -0.950. The summed E-state index contributed by atoms with van der Waals surface area (Å²) < 4.78 is 67.6. The summed E-state index contributed by atoms with van der Waals surface area (Å²) in [6.45, 7) is 1.32. The van der Waals surface area contributed by atoms with Crippen molar-refractivity contribution in [2.45, 2.75) is 18.0 Å². The van der Waals surface area contributed by atoms with Crippen LogP contribution in [0, 0.1) is 12.1 Å². The number of amides is 1. The Hall–Kier alpha value is -3.26. The van der Waals surface area contributed by atoms with Crippen molar-refractivity contribution in [3.8, 4) is 16.9 Å². The van der Waals surface area contributed by atoms with Gasteiger partial charge >= 0.3 is 6.18 Å². The lowest BCUT2D eigenvalue weighted by Crippen LogP contribution is -2.42. The number of halogens is 3. The van der Waals surface area contributed by atoms with Crippen LogP contribution in [-0.4, -0.2) is 42.7 Å². The Bertz CT molecular complexity index is 1240. The van der Waals surface area contributed by atoms with Crippen molar-refractivity contribution in [3.05, 3.63) is 71.1 Å². The highest BCUT2D eigenvalue weighted by Gasteiger charge is 2.35. The van der Waals surface area contributed by atoms with E-state index in [0.717, 1.165) is 33.5 Å². The molecule has 0 fully saturated rings. The van der Waals surface area contributed by atoms with E-state index in [1.807, 2.05) is 6.92 Å².